The first kappa shape index (κ1) is 22.0. The van der Waals surface area contributed by atoms with Crippen LogP contribution in [0.4, 0.5) is 0 Å². The summed E-state index contributed by atoms with van der Waals surface area (Å²) in [5, 5.41) is 5.44. The fraction of sp³-hybridized carbons (Fsp3) is 0.571. The third-order valence-corrected chi connectivity index (χ3v) is 6.11. The summed E-state index contributed by atoms with van der Waals surface area (Å²) in [5.74, 6) is 0.978. The highest BCUT2D eigenvalue weighted by molar-refractivity contribution is 7.71. The van der Waals surface area contributed by atoms with Crippen molar-refractivity contribution in [1.29, 1.82) is 0 Å². The van der Waals surface area contributed by atoms with Crippen molar-refractivity contribution in [3.8, 4) is 11.4 Å². The van der Waals surface area contributed by atoms with Gasteiger partial charge in [-0.2, -0.15) is 5.10 Å². The van der Waals surface area contributed by atoms with E-state index in [1.165, 1.54) is 0 Å². The molecule has 0 radical (unpaired) electrons. The molecule has 1 aromatic heterocycles. The lowest BCUT2D eigenvalue weighted by molar-refractivity contribution is -0.133. The summed E-state index contributed by atoms with van der Waals surface area (Å²) < 4.78 is 9.90. The Labute approximate surface area is 182 Å². The summed E-state index contributed by atoms with van der Waals surface area (Å²) in [5.41, 5.74) is 0.975. The Bertz CT molecular complexity index is 870. The average Bonchev–Trinajstić information content (AvgIpc) is 3.06. The van der Waals surface area contributed by atoms with Crippen LogP contribution in [0.25, 0.3) is 11.4 Å². The minimum Gasteiger partial charge on any atom is -0.381 e. The van der Waals surface area contributed by atoms with Gasteiger partial charge in [-0.3, -0.25) is 9.36 Å². The molecular weight excluding hydrogens is 408 g/mol. The van der Waals surface area contributed by atoms with Gasteiger partial charge in [0.1, 0.15) is 0 Å². The zero-order chi connectivity index (χ0) is 20.8. The van der Waals surface area contributed by atoms with Gasteiger partial charge < -0.3 is 9.64 Å². The van der Waals surface area contributed by atoms with Gasteiger partial charge in [0.2, 0.25) is 5.91 Å². The quantitative estimate of drug-likeness (QED) is 0.569. The fourth-order valence-electron chi connectivity index (χ4n) is 3.62. The maximum absolute atomic E-state index is 12.6. The zero-order valence-electron chi connectivity index (χ0n) is 17.1. The Morgan fingerprint density at radius 3 is 2.55 bits per heavy atom. The molecule has 1 aliphatic heterocycles. The number of hydrogen-bond donors (Lipinski definition) is 0. The van der Waals surface area contributed by atoms with Crippen LogP contribution in [0.1, 0.15) is 39.0 Å². The predicted octanol–water partition coefficient (Wildman–Crippen LogP) is 4.56. The van der Waals surface area contributed by atoms with Crippen LogP contribution < -0.4 is 0 Å². The van der Waals surface area contributed by atoms with E-state index in [2.05, 4.69) is 11.5 Å². The molecule has 158 valence electrons. The summed E-state index contributed by atoms with van der Waals surface area (Å²) in [7, 11) is 1.73. The van der Waals surface area contributed by atoms with Crippen molar-refractivity contribution >= 4 is 29.7 Å². The molecule has 1 aliphatic rings. The molecule has 0 aliphatic carbocycles. The minimum atomic E-state index is 0.151. The second-order valence-corrected chi connectivity index (χ2v) is 8.21. The number of piperidine rings is 1. The smallest absolute Gasteiger partial charge is 0.224 e. The number of unbranched alkanes of at least 4 members (excludes halogenated alkanes) is 1. The van der Waals surface area contributed by atoms with Gasteiger partial charge in [-0.15, -0.1) is 0 Å². The number of amides is 1. The fourth-order valence-corrected chi connectivity index (χ4v) is 4.05. The minimum absolute atomic E-state index is 0.151. The Morgan fingerprint density at radius 2 is 1.93 bits per heavy atom. The number of ether oxygens (including phenoxy) is 1. The standard InChI is InChI=1S/C21H29ClN4O2S/c1-3-4-12-25-20(16-5-7-17(22)8-6-16)23-26(21(25)29)15-11-19(27)24-13-9-18(28-2)10-14-24/h5-8,18H,3-4,9-15H2,1-2H3. The van der Waals surface area contributed by atoms with Crippen molar-refractivity contribution in [1.82, 2.24) is 19.2 Å². The number of methoxy groups -OCH3 is 1. The van der Waals surface area contributed by atoms with Crippen LogP contribution in [0.2, 0.25) is 5.02 Å². The van der Waals surface area contributed by atoms with E-state index in [1.54, 1.807) is 11.8 Å². The van der Waals surface area contributed by atoms with Crippen LogP contribution in [0, 0.1) is 4.77 Å². The number of benzene rings is 1. The Kier molecular flexibility index (Phi) is 7.86. The van der Waals surface area contributed by atoms with Gasteiger partial charge in [0.25, 0.3) is 0 Å². The monoisotopic (exact) mass is 436 g/mol. The van der Waals surface area contributed by atoms with Crippen LogP contribution in [-0.2, 0) is 22.6 Å². The van der Waals surface area contributed by atoms with E-state index in [1.807, 2.05) is 29.2 Å². The topological polar surface area (TPSA) is 52.3 Å². The van der Waals surface area contributed by atoms with Crippen LogP contribution in [0.15, 0.2) is 24.3 Å². The molecule has 29 heavy (non-hydrogen) atoms. The van der Waals surface area contributed by atoms with Gasteiger partial charge in [-0.1, -0.05) is 24.9 Å². The molecule has 1 amide bonds. The largest absolute Gasteiger partial charge is 0.381 e. The summed E-state index contributed by atoms with van der Waals surface area (Å²) in [6.07, 6.45) is 4.55. The van der Waals surface area contributed by atoms with E-state index in [-0.39, 0.29) is 12.0 Å². The number of carbonyl (C=O) groups is 1. The normalized spacial score (nSPS) is 15.1. The van der Waals surface area contributed by atoms with Crippen molar-refractivity contribution in [2.24, 2.45) is 0 Å². The predicted molar refractivity (Wildman–Crippen MR) is 118 cm³/mol. The molecular formula is C21H29ClN4O2S. The van der Waals surface area contributed by atoms with Crippen molar-refractivity contribution < 1.29 is 9.53 Å². The van der Waals surface area contributed by atoms with E-state index in [0.717, 1.165) is 56.7 Å². The molecule has 2 aromatic rings. The maximum Gasteiger partial charge on any atom is 0.224 e. The Morgan fingerprint density at radius 1 is 1.24 bits per heavy atom. The zero-order valence-corrected chi connectivity index (χ0v) is 18.7. The van der Waals surface area contributed by atoms with Crippen LogP contribution in [0.5, 0.6) is 0 Å². The summed E-state index contributed by atoms with van der Waals surface area (Å²) >= 11 is 11.7. The third-order valence-electron chi connectivity index (χ3n) is 5.43. The molecule has 3 rings (SSSR count). The molecule has 1 fully saturated rings. The summed E-state index contributed by atoms with van der Waals surface area (Å²) in [6.45, 7) is 4.96. The highest BCUT2D eigenvalue weighted by atomic mass is 35.5. The number of rotatable bonds is 8. The molecule has 2 heterocycles. The van der Waals surface area contributed by atoms with E-state index in [9.17, 15) is 4.79 Å². The Balaban J connectivity index is 1.73. The molecule has 0 saturated carbocycles. The number of aromatic nitrogens is 3. The lowest BCUT2D eigenvalue weighted by atomic mass is 10.1. The van der Waals surface area contributed by atoms with Gasteiger partial charge in [0.05, 0.1) is 12.6 Å². The van der Waals surface area contributed by atoms with Gasteiger partial charge in [0.15, 0.2) is 10.6 Å². The molecule has 0 N–H and O–H groups in total. The first-order chi connectivity index (χ1) is 14.0. The van der Waals surface area contributed by atoms with Crippen LogP contribution in [-0.4, -0.2) is 51.5 Å². The van der Waals surface area contributed by atoms with Crippen molar-refractivity contribution in [2.45, 2.75) is 58.2 Å². The highest BCUT2D eigenvalue weighted by Crippen LogP contribution is 2.22. The van der Waals surface area contributed by atoms with E-state index < -0.39 is 0 Å². The summed E-state index contributed by atoms with van der Waals surface area (Å²) in [6, 6.07) is 7.63. The first-order valence-electron chi connectivity index (χ1n) is 10.3. The van der Waals surface area contributed by atoms with Crippen molar-refractivity contribution in [3.63, 3.8) is 0 Å². The second-order valence-electron chi connectivity index (χ2n) is 7.41. The number of aryl methyl sites for hydroxylation is 1. The third kappa shape index (κ3) is 5.47. The molecule has 8 heteroatoms. The molecule has 0 unspecified atom stereocenters. The molecule has 1 saturated heterocycles. The maximum atomic E-state index is 12.6. The number of hydrogen-bond acceptors (Lipinski definition) is 4. The second kappa shape index (κ2) is 10.4. The van der Waals surface area contributed by atoms with Gasteiger partial charge in [-0.25, -0.2) is 4.68 Å². The number of likely N-dealkylation sites (tertiary alicyclic amines) is 1. The lowest BCUT2D eigenvalue weighted by Gasteiger charge is -2.31. The molecule has 0 spiro atoms. The molecule has 0 atom stereocenters. The highest BCUT2D eigenvalue weighted by Gasteiger charge is 2.22. The van der Waals surface area contributed by atoms with E-state index in [0.29, 0.717) is 22.8 Å². The van der Waals surface area contributed by atoms with Gasteiger partial charge in [-0.05, 0) is 55.7 Å². The first-order valence-corrected chi connectivity index (χ1v) is 11.1. The number of carbonyl (C=O) groups excluding carboxylic acids is 1. The Hall–Kier alpha value is -1.70. The molecule has 6 nitrogen and oxygen atoms in total. The molecule has 1 aromatic carbocycles. The number of nitrogens with zero attached hydrogens (tertiary/aromatic N) is 4. The van der Waals surface area contributed by atoms with E-state index in [4.69, 9.17) is 33.7 Å². The van der Waals surface area contributed by atoms with Gasteiger partial charge >= 0.3 is 0 Å². The van der Waals surface area contributed by atoms with Crippen molar-refractivity contribution in [2.75, 3.05) is 20.2 Å². The summed E-state index contributed by atoms with van der Waals surface area (Å²) in [4.78, 5) is 14.6. The average molecular weight is 437 g/mol. The van der Waals surface area contributed by atoms with Crippen LogP contribution in [0.3, 0.4) is 0 Å². The molecule has 0 bridgehead atoms. The lowest BCUT2D eigenvalue weighted by Crippen LogP contribution is -2.40. The van der Waals surface area contributed by atoms with Gasteiger partial charge in [0, 0.05) is 43.8 Å². The SMILES string of the molecule is CCCCn1c(-c2ccc(Cl)cc2)nn(CCC(=O)N2CCC(OC)CC2)c1=S. The van der Waals surface area contributed by atoms with E-state index >= 15 is 0 Å². The number of halogens is 1. The van der Waals surface area contributed by atoms with Crippen molar-refractivity contribution in [3.05, 3.63) is 34.1 Å². The van der Waals surface area contributed by atoms with Crippen LogP contribution >= 0.6 is 23.8 Å².